The van der Waals surface area contributed by atoms with Gasteiger partial charge in [-0.15, -0.1) is 0 Å². The maximum atomic E-state index is 11.3. The highest BCUT2D eigenvalue weighted by molar-refractivity contribution is 6.31. The molecule has 0 fully saturated rings. The minimum Gasteiger partial charge on any atom is -0.481 e. The van der Waals surface area contributed by atoms with Crippen molar-refractivity contribution in [2.24, 2.45) is 11.8 Å². The van der Waals surface area contributed by atoms with Crippen molar-refractivity contribution in [2.45, 2.75) is 47.1 Å². The lowest BCUT2D eigenvalue weighted by Gasteiger charge is -2.16. The van der Waals surface area contributed by atoms with E-state index in [1.165, 1.54) is 0 Å². The number of carboxylic acid groups (broad SMARTS) is 1. The molecule has 0 radical (unpaired) electrons. The van der Waals surface area contributed by atoms with Crippen molar-refractivity contribution in [2.75, 3.05) is 0 Å². The summed E-state index contributed by atoms with van der Waals surface area (Å²) in [5, 5.41) is 14.3. The molecule has 1 heterocycles. The highest BCUT2D eigenvalue weighted by atomic mass is 35.5. The molecule has 0 aromatic carbocycles. The van der Waals surface area contributed by atoms with Gasteiger partial charge in [0.15, 0.2) is 0 Å². The van der Waals surface area contributed by atoms with E-state index in [9.17, 15) is 9.90 Å². The normalized spacial score (nSPS) is 13.0. The van der Waals surface area contributed by atoms with Gasteiger partial charge in [-0.1, -0.05) is 32.4 Å². The summed E-state index contributed by atoms with van der Waals surface area (Å²) in [6.07, 6.45) is 1.20. The van der Waals surface area contributed by atoms with Gasteiger partial charge in [0.2, 0.25) is 0 Å². The molecule has 0 aliphatic carbocycles. The lowest BCUT2D eigenvalue weighted by Crippen LogP contribution is -2.23. The van der Waals surface area contributed by atoms with Crippen molar-refractivity contribution in [3.63, 3.8) is 0 Å². The van der Waals surface area contributed by atoms with Crippen LogP contribution >= 0.6 is 11.6 Å². The molecule has 1 aromatic rings. The molecule has 0 saturated heterocycles. The second-order valence-corrected chi connectivity index (χ2v) is 5.15. The van der Waals surface area contributed by atoms with Crippen LogP contribution in [0.5, 0.6) is 0 Å². The summed E-state index contributed by atoms with van der Waals surface area (Å²) < 4.78 is 1.82. The first-order valence-electron chi connectivity index (χ1n) is 6.39. The van der Waals surface area contributed by atoms with Crippen LogP contribution in [0, 0.1) is 11.8 Å². The highest BCUT2D eigenvalue weighted by Gasteiger charge is 2.26. The molecule has 102 valence electrons. The number of halogens is 1. The average molecular weight is 273 g/mol. The van der Waals surface area contributed by atoms with Gasteiger partial charge >= 0.3 is 5.97 Å². The van der Waals surface area contributed by atoms with E-state index in [2.05, 4.69) is 5.10 Å². The van der Waals surface area contributed by atoms with Crippen LogP contribution in [0.4, 0.5) is 0 Å². The van der Waals surface area contributed by atoms with E-state index in [1.54, 1.807) is 0 Å². The first-order valence-corrected chi connectivity index (χ1v) is 6.76. The quantitative estimate of drug-likeness (QED) is 0.866. The molecule has 1 atom stereocenters. The van der Waals surface area contributed by atoms with Crippen molar-refractivity contribution < 1.29 is 9.90 Å². The number of aryl methyl sites for hydroxylation is 2. The van der Waals surface area contributed by atoms with Crippen molar-refractivity contribution in [1.29, 1.82) is 0 Å². The third-order valence-electron chi connectivity index (χ3n) is 3.23. The zero-order valence-corrected chi connectivity index (χ0v) is 12.2. The lowest BCUT2D eigenvalue weighted by molar-refractivity contribution is -0.143. The zero-order valence-electron chi connectivity index (χ0n) is 11.4. The molecule has 1 N–H and O–H groups in total. The van der Waals surface area contributed by atoms with Crippen molar-refractivity contribution in [1.82, 2.24) is 9.78 Å². The highest BCUT2D eigenvalue weighted by Crippen LogP contribution is 2.26. The molecule has 5 heteroatoms. The Kier molecular flexibility index (Phi) is 5.20. The Labute approximate surface area is 113 Å². The minimum atomic E-state index is -0.775. The van der Waals surface area contributed by atoms with Crippen LogP contribution in [0.3, 0.4) is 0 Å². The van der Waals surface area contributed by atoms with Gasteiger partial charge < -0.3 is 5.11 Å². The van der Waals surface area contributed by atoms with Gasteiger partial charge in [0.1, 0.15) is 0 Å². The van der Waals surface area contributed by atoms with E-state index in [0.29, 0.717) is 18.0 Å². The Morgan fingerprint density at radius 1 is 1.44 bits per heavy atom. The van der Waals surface area contributed by atoms with Gasteiger partial charge in [0.25, 0.3) is 0 Å². The molecule has 1 unspecified atom stereocenters. The number of hydrogen-bond acceptors (Lipinski definition) is 2. The third-order valence-corrected chi connectivity index (χ3v) is 3.67. The SMILES string of the molecule is CCc1nn(CC)c(CC(C(=O)O)C(C)C)c1Cl. The van der Waals surface area contributed by atoms with E-state index in [1.807, 2.05) is 32.4 Å². The van der Waals surface area contributed by atoms with Crippen molar-refractivity contribution >= 4 is 17.6 Å². The lowest BCUT2D eigenvalue weighted by atomic mass is 9.91. The molecule has 4 nitrogen and oxygen atoms in total. The van der Waals surface area contributed by atoms with Crippen LogP contribution in [0.25, 0.3) is 0 Å². The standard InChI is InChI=1S/C13H21ClN2O2/c1-5-10-12(14)11(16(6-2)15-10)7-9(8(3)4)13(17)18/h8-9H,5-7H2,1-4H3,(H,17,18). The molecule has 1 aromatic heterocycles. The Hall–Kier alpha value is -1.03. The fourth-order valence-electron chi connectivity index (χ4n) is 2.03. The van der Waals surface area contributed by atoms with Crippen molar-refractivity contribution in [3.05, 3.63) is 16.4 Å². The van der Waals surface area contributed by atoms with Crippen molar-refractivity contribution in [3.8, 4) is 0 Å². The predicted molar refractivity (Wildman–Crippen MR) is 72.0 cm³/mol. The Morgan fingerprint density at radius 3 is 2.44 bits per heavy atom. The van der Waals surface area contributed by atoms with Gasteiger partial charge in [-0.2, -0.15) is 5.10 Å². The molecule has 0 aliphatic heterocycles. The number of aliphatic carboxylic acids is 1. The maximum absolute atomic E-state index is 11.3. The molecular weight excluding hydrogens is 252 g/mol. The average Bonchev–Trinajstić information content (AvgIpc) is 2.61. The van der Waals surface area contributed by atoms with Crippen LogP contribution in [0.2, 0.25) is 5.02 Å². The zero-order chi connectivity index (χ0) is 13.9. The minimum absolute atomic E-state index is 0.0730. The Balaban J connectivity index is 3.08. The van der Waals surface area contributed by atoms with Crippen LogP contribution < -0.4 is 0 Å². The number of rotatable bonds is 6. The summed E-state index contributed by atoms with van der Waals surface area (Å²) >= 11 is 6.29. The number of hydrogen-bond donors (Lipinski definition) is 1. The van der Waals surface area contributed by atoms with E-state index >= 15 is 0 Å². The Bertz CT molecular complexity index is 427. The molecule has 0 saturated carbocycles. The second-order valence-electron chi connectivity index (χ2n) is 4.77. The van der Waals surface area contributed by atoms with Gasteiger partial charge in [-0.25, -0.2) is 0 Å². The molecule has 0 bridgehead atoms. The fraction of sp³-hybridized carbons (Fsp3) is 0.692. The van der Waals surface area contributed by atoms with Crippen LogP contribution in [0.15, 0.2) is 0 Å². The van der Waals surface area contributed by atoms with Crippen LogP contribution in [-0.2, 0) is 24.2 Å². The summed E-state index contributed by atoms with van der Waals surface area (Å²) in [7, 11) is 0. The monoisotopic (exact) mass is 272 g/mol. The first kappa shape index (κ1) is 15.0. The van der Waals surface area contributed by atoms with Gasteiger partial charge in [-0.3, -0.25) is 9.48 Å². The molecule has 0 aliphatic rings. The third kappa shape index (κ3) is 3.05. The summed E-state index contributed by atoms with van der Waals surface area (Å²) in [5.41, 5.74) is 1.69. The summed E-state index contributed by atoms with van der Waals surface area (Å²) in [6, 6.07) is 0. The smallest absolute Gasteiger partial charge is 0.307 e. The summed E-state index contributed by atoms with van der Waals surface area (Å²) in [6.45, 7) is 8.52. The second kappa shape index (κ2) is 6.23. The summed E-state index contributed by atoms with van der Waals surface area (Å²) in [5.74, 6) is -1.12. The predicted octanol–water partition coefficient (Wildman–Crippen LogP) is 3.02. The van der Waals surface area contributed by atoms with E-state index in [0.717, 1.165) is 17.8 Å². The topological polar surface area (TPSA) is 55.1 Å². The number of aromatic nitrogens is 2. The number of carboxylic acids is 1. The maximum Gasteiger partial charge on any atom is 0.307 e. The number of carbonyl (C=O) groups is 1. The van der Waals surface area contributed by atoms with Gasteiger partial charge in [0.05, 0.1) is 22.3 Å². The van der Waals surface area contributed by atoms with Gasteiger partial charge in [0, 0.05) is 13.0 Å². The van der Waals surface area contributed by atoms with E-state index in [4.69, 9.17) is 11.6 Å². The van der Waals surface area contributed by atoms with Crippen LogP contribution in [0.1, 0.15) is 39.1 Å². The van der Waals surface area contributed by atoms with Gasteiger partial charge in [-0.05, 0) is 19.3 Å². The molecule has 1 rings (SSSR count). The largest absolute Gasteiger partial charge is 0.481 e. The molecule has 0 spiro atoms. The van der Waals surface area contributed by atoms with E-state index in [-0.39, 0.29) is 5.92 Å². The van der Waals surface area contributed by atoms with Crippen LogP contribution in [-0.4, -0.2) is 20.9 Å². The summed E-state index contributed by atoms with van der Waals surface area (Å²) in [4.78, 5) is 11.3. The van der Waals surface area contributed by atoms with E-state index < -0.39 is 11.9 Å². The first-order chi connectivity index (χ1) is 8.42. The molecule has 0 amide bonds. The number of nitrogens with zero attached hydrogens (tertiary/aromatic N) is 2. The Morgan fingerprint density at radius 2 is 2.06 bits per heavy atom. The molecule has 18 heavy (non-hydrogen) atoms. The fourth-order valence-corrected chi connectivity index (χ4v) is 2.37. The molecular formula is C13H21ClN2O2.